The first kappa shape index (κ1) is 16.6. The number of esters is 1. The lowest BCUT2D eigenvalue weighted by Crippen LogP contribution is -2.12. The predicted octanol–water partition coefficient (Wildman–Crippen LogP) is 4.11. The van der Waals surface area contributed by atoms with E-state index >= 15 is 0 Å². The Hall–Kier alpha value is -3.21. The Balaban J connectivity index is 1.81. The maximum Gasteiger partial charge on any atom is 0.358 e. The maximum atomic E-state index is 12.6. The molecule has 1 atom stereocenters. The van der Waals surface area contributed by atoms with Gasteiger partial charge in [0.15, 0.2) is 5.69 Å². The van der Waals surface area contributed by atoms with Crippen LogP contribution in [-0.4, -0.2) is 16.9 Å². The van der Waals surface area contributed by atoms with Crippen LogP contribution in [0.5, 0.6) is 0 Å². The average molecular weight is 334 g/mol. The van der Waals surface area contributed by atoms with Crippen molar-refractivity contribution in [1.82, 2.24) is 4.98 Å². The van der Waals surface area contributed by atoms with Crippen LogP contribution >= 0.6 is 0 Å². The Morgan fingerprint density at radius 1 is 1.08 bits per heavy atom. The third-order valence-corrected chi connectivity index (χ3v) is 3.83. The second kappa shape index (κ2) is 7.13. The van der Waals surface area contributed by atoms with Crippen molar-refractivity contribution in [2.75, 3.05) is 5.32 Å². The highest BCUT2D eigenvalue weighted by molar-refractivity contribution is 6.02. The minimum atomic E-state index is -0.478. The molecule has 0 aliphatic heterocycles. The summed E-state index contributed by atoms with van der Waals surface area (Å²) in [6, 6.07) is 16.6. The Morgan fingerprint density at radius 3 is 2.68 bits per heavy atom. The number of rotatable bonds is 4. The SMILES string of the molecule is CC(=O)Nc1cccc([C@H](C)OC(=O)c2nccc3ccccc23)c1. The Labute approximate surface area is 145 Å². The normalized spacial score (nSPS) is 11.8. The van der Waals surface area contributed by atoms with Gasteiger partial charge in [0.2, 0.25) is 5.91 Å². The number of hydrogen-bond acceptors (Lipinski definition) is 4. The first-order valence-corrected chi connectivity index (χ1v) is 7.97. The molecule has 0 aliphatic rings. The van der Waals surface area contributed by atoms with Crippen molar-refractivity contribution in [3.8, 4) is 0 Å². The molecule has 5 nitrogen and oxygen atoms in total. The third-order valence-electron chi connectivity index (χ3n) is 3.83. The van der Waals surface area contributed by atoms with Gasteiger partial charge in [-0.3, -0.25) is 4.79 Å². The van der Waals surface area contributed by atoms with Gasteiger partial charge in [-0.1, -0.05) is 36.4 Å². The van der Waals surface area contributed by atoms with Gasteiger partial charge >= 0.3 is 5.97 Å². The molecule has 0 aliphatic carbocycles. The third kappa shape index (κ3) is 3.83. The molecule has 0 spiro atoms. The van der Waals surface area contributed by atoms with Crippen LogP contribution in [0.1, 0.15) is 36.0 Å². The van der Waals surface area contributed by atoms with Gasteiger partial charge in [-0.05, 0) is 36.1 Å². The van der Waals surface area contributed by atoms with E-state index in [0.29, 0.717) is 11.4 Å². The number of aromatic nitrogens is 1. The molecule has 0 bridgehead atoms. The fourth-order valence-electron chi connectivity index (χ4n) is 2.64. The van der Waals surface area contributed by atoms with Crippen molar-refractivity contribution in [3.05, 3.63) is 72.1 Å². The van der Waals surface area contributed by atoms with Gasteiger partial charge in [-0.2, -0.15) is 0 Å². The van der Waals surface area contributed by atoms with Crippen molar-refractivity contribution in [2.24, 2.45) is 0 Å². The molecule has 3 aromatic rings. The number of carbonyl (C=O) groups excluding carboxylic acids is 2. The van der Waals surface area contributed by atoms with Crippen molar-refractivity contribution < 1.29 is 14.3 Å². The standard InChI is InChI=1S/C20H18N2O3/c1-13(16-7-5-8-17(12-16)22-14(2)23)25-20(24)19-18-9-4-3-6-15(18)10-11-21-19/h3-13H,1-2H3,(H,22,23)/t13-/m0/s1. The fourth-order valence-corrected chi connectivity index (χ4v) is 2.64. The maximum absolute atomic E-state index is 12.6. The number of carbonyl (C=O) groups is 2. The summed E-state index contributed by atoms with van der Waals surface area (Å²) in [5, 5.41) is 4.41. The topological polar surface area (TPSA) is 68.3 Å². The van der Waals surface area contributed by atoms with E-state index in [1.54, 1.807) is 31.3 Å². The molecular weight excluding hydrogens is 316 g/mol. The van der Waals surface area contributed by atoms with E-state index in [-0.39, 0.29) is 5.91 Å². The summed E-state index contributed by atoms with van der Waals surface area (Å²) in [4.78, 5) is 27.9. The Kier molecular flexibility index (Phi) is 4.75. The van der Waals surface area contributed by atoms with Crippen LogP contribution in [0.25, 0.3) is 10.8 Å². The summed E-state index contributed by atoms with van der Waals surface area (Å²) >= 11 is 0. The van der Waals surface area contributed by atoms with E-state index in [2.05, 4.69) is 10.3 Å². The van der Waals surface area contributed by atoms with Gasteiger partial charge in [0.25, 0.3) is 0 Å². The molecule has 1 amide bonds. The largest absolute Gasteiger partial charge is 0.453 e. The first-order valence-electron chi connectivity index (χ1n) is 7.97. The molecule has 0 unspecified atom stereocenters. The minimum Gasteiger partial charge on any atom is -0.453 e. The highest BCUT2D eigenvalue weighted by Crippen LogP contribution is 2.23. The zero-order valence-corrected chi connectivity index (χ0v) is 14.0. The minimum absolute atomic E-state index is 0.151. The number of hydrogen-bond donors (Lipinski definition) is 1. The van der Waals surface area contributed by atoms with Crippen LogP contribution < -0.4 is 5.32 Å². The molecule has 3 rings (SSSR count). The second-order valence-electron chi connectivity index (χ2n) is 5.73. The van der Waals surface area contributed by atoms with Gasteiger partial charge in [0.05, 0.1) is 0 Å². The molecule has 1 aromatic heterocycles. The molecule has 1 heterocycles. The predicted molar refractivity (Wildman–Crippen MR) is 96.3 cm³/mol. The summed E-state index contributed by atoms with van der Waals surface area (Å²) < 4.78 is 5.58. The van der Waals surface area contributed by atoms with Crippen LogP contribution in [0.3, 0.4) is 0 Å². The highest BCUT2D eigenvalue weighted by Gasteiger charge is 2.17. The molecule has 2 aromatic carbocycles. The van der Waals surface area contributed by atoms with Crippen LogP contribution in [0.2, 0.25) is 0 Å². The van der Waals surface area contributed by atoms with E-state index in [0.717, 1.165) is 16.3 Å². The highest BCUT2D eigenvalue weighted by atomic mass is 16.5. The lowest BCUT2D eigenvalue weighted by atomic mass is 10.1. The van der Waals surface area contributed by atoms with Gasteiger partial charge in [-0.15, -0.1) is 0 Å². The summed E-state index contributed by atoms with van der Waals surface area (Å²) in [7, 11) is 0. The number of nitrogens with zero attached hydrogens (tertiary/aromatic N) is 1. The summed E-state index contributed by atoms with van der Waals surface area (Å²) in [6.45, 7) is 3.23. The zero-order chi connectivity index (χ0) is 17.8. The van der Waals surface area contributed by atoms with Crippen molar-refractivity contribution in [2.45, 2.75) is 20.0 Å². The van der Waals surface area contributed by atoms with Crippen LogP contribution in [-0.2, 0) is 9.53 Å². The van der Waals surface area contributed by atoms with Crippen molar-refractivity contribution in [1.29, 1.82) is 0 Å². The zero-order valence-electron chi connectivity index (χ0n) is 14.0. The number of fused-ring (bicyclic) bond motifs is 1. The molecule has 5 heteroatoms. The molecule has 0 radical (unpaired) electrons. The van der Waals surface area contributed by atoms with E-state index in [1.165, 1.54) is 6.92 Å². The molecule has 0 saturated heterocycles. The van der Waals surface area contributed by atoms with Crippen LogP contribution in [0.15, 0.2) is 60.8 Å². The number of amides is 1. The van der Waals surface area contributed by atoms with Crippen LogP contribution in [0.4, 0.5) is 5.69 Å². The lowest BCUT2D eigenvalue weighted by Gasteiger charge is -2.15. The van der Waals surface area contributed by atoms with E-state index in [9.17, 15) is 9.59 Å². The van der Waals surface area contributed by atoms with Gasteiger partial charge in [-0.25, -0.2) is 9.78 Å². The number of anilines is 1. The molecule has 25 heavy (non-hydrogen) atoms. The molecular formula is C20H18N2O3. The van der Waals surface area contributed by atoms with Crippen LogP contribution in [0, 0.1) is 0 Å². The fraction of sp³-hybridized carbons (Fsp3) is 0.150. The summed E-state index contributed by atoms with van der Waals surface area (Å²) in [5.74, 6) is -0.629. The quantitative estimate of drug-likeness (QED) is 0.729. The number of pyridine rings is 1. The number of benzene rings is 2. The van der Waals surface area contributed by atoms with Crippen molar-refractivity contribution >= 4 is 28.3 Å². The first-order chi connectivity index (χ1) is 12.0. The Bertz CT molecular complexity index is 932. The van der Waals surface area contributed by atoms with Crippen molar-refractivity contribution in [3.63, 3.8) is 0 Å². The Morgan fingerprint density at radius 2 is 1.88 bits per heavy atom. The van der Waals surface area contributed by atoms with E-state index in [4.69, 9.17) is 4.74 Å². The summed E-state index contributed by atoms with van der Waals surface area (Å²) in [5.41, 5.74) is 1.75. The second-order valence-corrected chi connectivity index (χ2v) is 5.73. The average Bonchev–Trinajstić information content (AvgIpc) is 2.60. The monoisotopic (exact) mass is 334 g/mol. The van der Waals surface area contributed by atoms with Gasteiger partial charge < -0.3 is 10.1 Å². The lowest BCUT2D eigenvalue weighted by molar-refractivity contribution is -0.114. The van der Waals surface area contributed by atoms with Gasteiger partial charge in [0, 0.05) is 24.2 Å². The van der Waals surface area contributed by atoms with E-state index in [1.807, 2.05) is 36.4 Å². The molecule has 126 valence electrons. The molecule has 0 saturated carbocycles. The molecule has 1 N–H and O–H groups in total. The number of nitrogens with one attached hydrogen (secondary N) is 1. The summed E-state index contributed by atoms with van der Waals surface area (Å²) in [6.07, 6.45) is 1.13. The van der Waals surface area contributed by atoms with E-state index < -0.39 is 12.1 Å². The number of ether oxygens (including phenoxy) is 1. The van der Waals surface area contributed by atoms with Gasteiger partial charge in [0.1, 0.15) is 6.10 Å². The molecule has 0 fully saturated rings. The smallest absolute Gasteiger partial charge is 0.358 e.